The maximum absolute atomic E-state index is 14.3. The number of hydrogen-bond acceptors (Lipinski definition) is 9. The molecular formula is C33H32N2O7S2. The van der Waals surface area contributed by atoms with Crippen molar-refractivity contribution < 1.29 is 32.2 Å². The first-order chi connectivity index (χ1) is 21.2. The van der Waals surface area contributed by atoms with Gasteiger partial charge >= 0.3 is 5.97 Å². The Labute approximate surface area is 260 Å². The topological polar surface area (TPSA) is 125 Å². The van der Waals surface area contributed by atoms with Crippen LogP contribution in [-0.2, 0) is 24.2 Å². The van der Waals surface area contributed by atoms with Gasteiger partial charge in [-0.2, -0.15) is 0 Å². The minimum atomic E-state index is -4.32. The van der Waals surface area contributed by atoms with Gasteiger partial charge in [0.1, 0.15) is 27.3 Å². The monoisotopic (exact) mass is 632 g/mol. The molecule has 1 amide bonds. The van der Waals surface area contributed by atoms with Crippen molar-refractivity contribution in [2.24, 2.45) is 5.73 Å². The SMILES string of the molecule is CCOC(=O)C1=C2SC(c3ccc(OCC)cc3)=CC(=O)N2C(N)=C(S(=O)(=O)c2ccccc2)C1c1ccc(OCC)cc1. The minimum Gasteiger partial charge on any atom is -0.494 e. The predicted octanol–water partition coefficient (Wildman–Crippen LogP) is 5.57. The van der Waals surface area contributed by atoms with E-state index in [-0.39, 0.29) is 32.8 Å². The Morgan fingerprint density at radius 3 is 2.02 bits per heavy atom. The lowest BCUT2D eigenvalue weighted by Gasteiger charge is -2.38. The quantitative estimate of drug-likeness (QED) is 0.286. The van der Waals surface area contributed by atoms with E-state index < -0.39 is 27.6 Å². The lowest BCUT2D eigenvalue weighted by atomic mass is 9.88. The molecule has 0 aromatic heterocycles. The van der Waals surface area contributed by atoms with E-state index in [0.717, 1.165) is 16.7 Å². The number of nitrogens with two attached hydrogens (primary N) is 1. The van der Waals surface area contributed by atoms with E-state index in [1.165, 1.54) is 18.2 Å². The van der Waals surface area contributed by atoms with Crippen LogP contribution in [0.2, 0.25) is 0 Å². The number of sulfone groups is 1. The first kappa shape index (κ1) is 31.0. The molecular weight excluding hydrogens is 601 g/mol. The summed E-state index contributed by atoms with van der Waals surface area (Å²) >= 11 is 1.15. The van der Waals surface area contributed by atoms with Crippen molar-refractivity contribution in [2.45, 2.75) is 31.6 Å². The van der Waals surface area contributed by atoms with Crippen molar-refractivity contribution in [2.75, 3.05) is 19.8 Å². The molecule has 9 nitrogen and oxygen atoms in total. The van der Waals surface area contributed by atoms with Gasteiger partial charge in [0.15, 0.2) is 0 Å². The number of allylic oxidation sites excluding steroid dienone is 1. The zero-order chi connectivity index (χ0) is 31.4. The minimum absolute atomic E-state index is 0.00500. The molecule has 2 aliphatic rings. The number of rotatable bonds is 10. The highest BCUT2D eigenvalue weighted by atomic mass is 32.2. The van der Waals surface area contributed by atoms with Crippen LogP contribution < -0.4 is 15.2 Å². The molecule has 1 unspecified atom stereocenters. The average molecular weight is 633 g/mol. The molecule has 0 fully saturated rings. The Morgan fingerprint density at radius 2 is 1.45 bits per heavy atom. The fourth-order valence-corrected chi connectivity index (χ4v) is 7.98. The Kier molecular flexibility index (Phi) is 9.17. The van der Waals surface area contributed by atoms with Crippen molar-refractivity contribution in [3.05, 3.63) is 117 Å². The van der Waals surface area contributed by atoms with Crippen molar-refractivity contribution in [1.82, 2.24) is 4.90 Å². The molecule has 0 saturated carbocycles. The third-order valence-corrected chi connectivity index (χ3v) is 10.1. The third kappa shape index (κ3) is 5.85. The Bertz CT molecular complexity index is 1760. The Hall–Kier alpha value is -4.48. The van der Waals surface area contributed by atoms with Crippen LogP contribution in [0, 0.1) is 0 Å². The highest BCUT2D eigenvalue weighted by molar-refractivity contribution is 8.11. The summed E-state index contributed by atoms with van der Waals surface area (Å²) in [6.07, 6.45) is 1.38. The molecule has 0 saturated heterocycles. The predicted molar refractivity (Wildman–Crippen MR) is 169 cm³/mol. The summed E-state index contributed by atoms with van der Waals surface area (Å²) < 4.78 is 45.3. The fraction of sp³-hybridized carbons (Fsp3) is 0.212. The molecule has 0 radical (unpaired) electrons. The molecule has 1 atom stereocenters. The number of thioether (sulfide) groups is 1. The van der Waals surface area contributed by atoms with Crippen LogP contribution in [0.15, 0.2) is 111 Å². The number of carbonyl (C=O) groups excluding carboxylic acids is 2. The second-order valence-corrected chi connectivity index (χ2v) is 12.6. The number of benzene rings is 3. The largest absolute Gasteiger partial charge is 0.494 e. The molecule has 228 valence electrons. The lowest BCUT2D eigenvalue weighted by molar-refractivity contribution is -0.138. The van der Waals surface area contributed by atoms with Crippen molar-refractivity contribution in [3.63, 3.8) is 0 Å². The van der Waals surface area contributed by atoms with Crippen LogP contribution in [0.4, 0.5) is 0 Å². The van der Waals surface area contributed by atoms with E-state index in [9.17, 15) is 18.0 Å². The summed E-state index contributed by atoms with van der Waals surface area (Å²) in [4.78, 5) is 29.0. The molecule has 2 N–H and O–H groups in total. The van der Waals surface area contributed by atoms with E-state index in [1.807, 2.05) is 26.0 Å². The van der Waals surface area contributed by atoms with Crippen molar-refractivity contribution in [3.8, 4) is 11.5 Å². The van der Waals surface area contributed by atoms with Gasteiger partial charge < -0.3 is 19.9 Å². The van der Waals surface area contributed by atoms with Crippen LogP contribution in [0.1, 0.15) is 37.8 Å². The number of esters is 1. The number of fused-ring (bicyclic) bond motifs is 1. The molecule has 44 heavy (non-hydrogen) atoms. The van der Waals surface area contributed by atoms with E-state index in [4.69, 9.17) is 19.9 Å². The summed E-state index contributed by atoms with van der Waals surface area (Å²) in [6, 6.07) is 21.8. The zero-order valence-electron chi connectivity index (χ0n) is 24.5. The highest BCUT2D eigenvalue weighted by Gasteiger charge is 2.47. The summed E-state index contributed by atoms with van der Waals surface area (Å²) in [5, 5.41) is 0.184. The van der Waals surface area contributed by atoms with Gasteiger partial charge in [0.25, 0.3) is 5.91 Å². The molecule has 0 bridgehead atoms. The molecule has 2 heterocycles. The second-order valence-electron chi connectivity index (χ2n) is 9.68. The van der Waals surface area contributed by atoms with Crippen LogP contribution in [-0.4, -0.2) is 45.0 Å². The maximum atomic E-state index is 14.3. The molecule has 2 aliphatic heterocycles. The summed E-state index contributed by atoms with van der Waals surface area (Å²) in [5.41, 5.74) is 7.83. The van der Waals surface area contributed by atoms with Gasteiger partial charge in [0, 0.05) is 11.0 Å². The zero-order valence-corrected chi connectivity index (χ0v) is 26.1. The van der Waals surface area contributed by atoms with Gasteiger partial charge in [-0.05, 0) is 68.3 Å². The van der Waals surface area contributed by atoms with E-state index in [0.29, 0.717) is 40.7 Å². The van der Waals surface area contributed by atoms with Crippen molar-refractivity contribution in [1.29, 1.82) is 0 Å². The molecule has 3 aromatic rings. The number of hydrogen-bond donors (Lipinski definition) is 1. The van der Waals surface area contributed by atoms with E-state index in [2.05, 4.69) is 0 Å². The van der Waals surface area contributed by atoms with E-state index >= 15 is 0 Å². The second kappa shape index (κ2) is 13.0. The lowest BCUT2D eigenvalue weighted by Crippen LogP contribution is -2.42. The molecule has 0 spiro atoms. The van der Waals surface area contributed by atoms with Crippen LogP contribution in [0.25, 0.3) is 4.91 Å². The van der Waals surface area contributed by atoms with Gasteiger partial charge in [0.2, 0.25) is 9.84 Å². The fourth-order valence-electron chi connectivity index (χ4n) is 5.07. The summed E-state index contributed by atoms with van der Waals surface area (Å²) in [7, 11) is -4.32. The van der Waals surface area contributed by atoms with Crippen molar-refractivity contribution >= 4 is 38.4 Å². The molecule has 5 rings (SSSR count). The van der Waals surface area contributed by atoms with Gasteiger partial charge in [-0.15, -0.1) is 0 Å². The van der Waals surface area contributed by atoms with E-state index in [1.54, 1.807) is 61.5 Å². The summed E-state index contributed by atoms with van der Waals surface area (Å²) in [6.45, 7) is 6.38. The Morgan fingerprint density at radius 1 is 0.864 bits per heavy atom. The van der Waals surface area contributed by atoms with Gasteiger partial charge in [-0.3, -0.25) is 9.69 Å². The molecule has 11 heteroatoms. The first-order valence-corrected chi connectivity index (χ1v) is 16.4. The maximum Gasteiger partial charge on any atom is 0.337 e. The number of amides is 1. The van der Waals surface area contributed by atoms with Crippen LogP contribution >= 0.6 is 11.8 Å². The van der Waals surface area contributed by atoms with Crippen LogP contribution in [0.3, 0.4) is 0 Å². The van der Waals surface area contributed by atoms with Gasteiger partial charge in [0.05, 0.1) is 36.2 Å². The highest BCUT2D eigenvalue weighted by Crippen LogP contribution is 2.52. The number of ether oxygens (including phenoxy) is 3. The normalized spacial score (nSPS) is 16.8. The molecule has 3 aromatic carbocycles. The van der Waals surface area contributed by atoms with Gasteiger partial charge in [-0.1, -0.05) is 54.2 Å². The van der Waals surface area contributed by atoms with Gasteiger partial charge in [-0.25, -0.2) is 13.2 Å². The standard InChI is InChI=1S/C33H32N2O7S2/c1-4-40-23-16-12-21(13-17-23)26-20-27(36)35-31(34)30(44(38,39)25-10-8-7-9-11-25)28(22-14-18-24(19-15-22)41-5-2)29(32(35)43-26)33(37)42-6-3/h7-20,28H,4-6,34H2,1-3H3. The summed E-state index contributed by atoms with van der Waals surface area (Å²) in [5.74, 6) is -1.56. The first-order valence-electron chi connectivity index (χ1n) is 14.1. The Balaban J connectivity index is 1.76. The number of carbonyl (C=O) groups is 2. The molecule has 0 aliphatic carbocycles. The third-order valence-electron chi connectivity index (χ3n) is 6.97. The average Bonchev–Trinajstić information content (AvgIpc) is 3.02. The number of nitrogens with zero attached hydrogens (tertiary/aromatic N) is 1. The smallest absolute Gasteiger partial charge is 0.337 e. The van der Waals surface area contributed by atoms with Crippen LogP contribution in [0.5, 0.6) is 11.5 Å².